The van der Waals surface area contributed by atoms with Gasteiger partial charge in [-0.05, 0) is 12.5 Å². The maximum Gasteiger partial charge on any atom is 0.0537 e. The van der Waals surface area contributed by atoms with Crippen molar-refractivity contribution < 1.29 is 0 Å². The van der Waals surface area contributed by atoms with E-state index >= 15 is 0 Å². The third kappa shape index (κ3) is 3.94. The Balaban J connectivity index is 2.27. The van der Waals surface area contributed by atoms with Gasteiger partial charge in [-0.2, -0.15) is 5.10 Å². The Morgan fingerprint density at radius 3 is 2.56 bits per heavy atom. The fourth-order valence-electron chi connectivity index (χ4n) is 1.77. The van der Waals surface area contributed by atoms with E-state index in [4.69, 9.17) is 5.73 Å². The highest BCUT2D eigenvalue weighted by Crippen LogP contribution is 2.08. The van der Waals surface area contributed by atoms with Gasteiger partial charge in [-0.15, -0.1) is 0 Å². The molecule has 1 heterocycles. The van der Waals surface area contributed by atoms with Crippen molar-refractivity contribution in [2.24, 2.45) is 18.7 Å². The van der Waals surface area contributed by atoms with Crippen molar-refractivity contribution >= 4 is 0 Å². The highest BCUT2D eigenvalue weighted by Gasteiger charge is 2.08. The second-order valence-electron chi connectivity index (χ2n) is 4.39. The zero-order chi connectivity index (χ0) is 12.0. The summed E-state index contributed by atoms with van der Waals surface area (Å²) in [5, 5.41) is 7.55. The summed E-state index contributed by atoms with van der Waals surface area (Å²) in [7, 11) is 1.91. The van der Waals surface area contributed by atoms with Crippen LogP contribution < -0.4 is 11.1 Å². The number of nitrogens with two attached hydrogens (primary N) is 1. The molecule has 0 aromatic carbocycles. The molecule has 0 radical (unpaired) electrons. The molecular weight excluding hydrogens is 200 g/mol. The lowest BCUT2D eigenvalue weighted by atomic mass is 10.0. The van der Waals surface area contributed by atoms with Crippen LogP contribution in [-0.4, -0.2) is 22.9 Å². The van der Waals surface area contributed by atoms with E-state index in [1.165, 1.54) is 12.8 Å². The molecule has 1 unspecified atom stereocenters. The van der Waals surface area contributed by atoms with Crippen LogP contribution in [0.5, 0.6) is 0 Å². The molecule has 4 nitrogen and oxygen atoms in total. The molecule has 1 aromatic rings. The summed E-state index contributed by atoms with van der Waals surface area (Å²) < 4.78 is 1.79. The molecule has 1 aromatic heterocycles. The number of hydrogen-bond acceptors (Lipinski definition) is 3. The van der Waals surface area contributed by atoms with Gasteiger partial charge in [0, 0.05) is 31.4 Å². The Morgan fingerprint density at radius 2 is 2.06 bits per heavy atom. The van der Waals surface area contributed by atoms with Crippen molar-refractivity contribution in [3.8, 4) is 0 Å². The predicted octanol–water partition coefficient (Wildman–Crippen LogP) is 1.45. The molecule has 1 rings (SSSR count). The summed E-state index contributed by atoms with van der Waals surface area (Å²) in [4.78, 5) is 0. The highest BCUT2D eigenvalue weighted by atomic mass is 15.2. The van der Waals surface area contributed by atoms with E-state index in [9.17, 15) is 0 Å². The molecule has 0 amide bonds. The summed E-state index contributed by atoms with van der Waals surface area (Å²) in [5.74, 6) is 0.765. The fraction of sp³-hybridized carbons (Fsp3) is 0.750. The molecule has 4 heteroatoms. The molecule has 16 heavy (non-hydrogen) atoms. The van der Waals surface area contributed by atoms with Gasteiger partial charge >= 0.3 is 0 Å². The van der Waals surface area contributed by atoms with Gasteiger partial charge in [-0.1, -0.05) is 26.7 Å². The van der Waals surface area contributed by atoms with Gasteiger partial charge in [0.1, 0.15) is 0 Å². The lowest BCUT2D eigenvalue weighted by molar-refractivity contribution is 0.439. The third-order valence-corrected chi connectivity index (χ3v) is 3.10. The van der Waals surface area contributed by atoms with Crippen molar-refractivity contribution in [1.82, 2.24) is 15.1 Å². The zero-order valence-corrected chi connectivity index (χ0v) is 10.6. The lowest BCUT2D eigenvalue weighted by Crippen LogP contribution is -2.30. The Bertz CT molecular complexity index is 291. The summed E-state index contributed by atoms with van der Waals surface area (Å²) in [6.45, 7) is 6.34. The van der Waals surface area contributed by atoms with Gasteiger partial charge in [-0.25, -0.2) is 0 Å². The second-order valence-corrected chi connectivity index (χ2v) is 4.39. The number of rotatable bonds is 7. The summed E-state index contributed by atoms with van der Waals surface area (Å²) >= 11 is 0. The Kier molecular flexibility index (Phi) is 5.49. The average Bonchev–Trinajstić information content (AvgIpc) is 2.71. The molecule has 92 valence electrons. The van der Waals surface area contributed by atoms with E-state index in [0.717, 1.165) is 24.6 Å². The minimum atomic E-state index is 0.0445. The van der Waals surface area contributed by atoms with Crippen LogP contribution in [-0.2, 0) is 7.05 Å². The van der Waals surface area contributed by atoms with E-state index in [-0.39, 0.29) is 6.04 Å². The molecule has 1 atom stereocenters. The van der Waals surface area contributed by atoms with Crippen LogP contribution in [0.3, 0.4) is 0 Å². The van der Waals surface area contributed by atoms with Crippen LogP contribution in [0.25, 0.3) is 0 Å². The van der Waals surface area contributed by atoms with Gasteiger partial charge in [0.15, 0.2) is 0 Å². The Labute approximate surface area is 98.2 Å². The van der Waals surface area contributed by atoms with E-state index in [1.807, 2.05) is 19.4 Å². The number of aromatic nitrogens is 2. The minimum absolute atomic E-state index is 0.0445. The minimum Gasteiger partial charge on any atom is -0.323 e. The number of nitrogens with one attached hydrogen (secondary N) is 1. The maximum atomic E-state index is 6.06. The molecule has 0 saturated carbocycles. The predicted molar refractivity (Wildman–Crippen MR) is 67.1 cm³/mol. The first-order chi connectivity index (χ1) is 7.67. The summed E-state index contributed by atoms with van der Waals surface area (Å²) in [5.41, 5.74) is 7.16. The number of hydrogen-bond donors (Lipinski definition) is 2. The van der Waals surface area contributed by atoms with E-state index in [2.05, 4.69) is 24.3 Å². The van der Waals surface area contributed by atoms with Crippen LogP contribution in [0.2, 0.25) is 0 Å². The smallest absolute Gasteiger partial charge is 0.0537 e. The highest BCUT2D eigenvalue weighted by molar-refractivity contribution is 5.09. The largest absolute Gasteiger partial charge is 0.323 e. The number of aryl methyl sites for hydroxylation is 1. The first kappa shape index (κ1) is 13.2. The summed E-state index contributed by atoms with van der Waals surface area (Å²) in [6.07, 6.45) is 6.27. The standard InChI is InChI=1S/C12H24N4/c1-4-10(5-2)6-14-8-12(13)11-7-15-16(3)9-11/h7,9-10,12,14H,4-6,8,13H2,1-3H3. The number of nitrogens with zero attached hydrogens (tertiary/aromatic N) is 2. The van der Waals surface area contributed by atoms with Crippen molar-refractivity contribution in [1.29, 1.82) is 0 Å². The zero-order valence-electron chi connectivity index (χ0n) is 10.6. The SMILES string of the molecule is CCC(CC)CNCC(N)c1cnn(C)c1. The average molecular weight is 224 g/mol. The molecule has 3 N–H and O–H groups in total. The van der Waals surface area contributed by atoms with Gasteiger partial charge < -0.3 is 11.1 Å². The molecule has 0 bridgehead atoms. The van der Waals surface area contributed by atoms with Crippen LogP contribution in [0.15, 0.2) is 12.4 Å². The van der Waals surface area contributed by atoms with Crippen LogP contribution in [0, 0.1) is 5.92 Å². The molecule has 0 aliphatic carbocycles. The molecule has 0 aliphatic heterocycles. The van der Waals surface area contributed by atoms with E-state index < -0.39 is 0 Å². The Morgan fingerprint density at radius 1 is 1.38 bits per heavy atom. The normalized spacial score (nSPS) is 13.3. The molecule has 0 aliphatic rings. The summed E-state index contributed by atoms with van der Waals surface area (Å²) in [6, 6.07) is 0.0445. The monoisotopic (exact) mass is 224 g/mol. The van der Waals surface area contributed by atoms with E-state index in [0.29, 0.717) is 0 Å². The molecule has 0 spiro atoms. The van der Waals surface area contributed by atoms with Crippen molar-refractivity contribution in [2.45, 2.75) is 32.7 Å². The van der Waals surface area contributed by atoms with Crippen molar-refractivity contribution in [2.75, 3.05) is 13.1 Å². The van der Waals surface area contributed by atoms with Gasteiger partial charge in [-0.3, -0.25) is 4.68 Å². The molecule has 0 fully saturated rings. The molecular formula is C12H24N4. The molecule has 0 saturated heterocycles. The van der Waals surface area contributed by atoms with Crippen molar-refractivity contribution in [3.63, 3.8) is 0 Å². The van der Waals surface area contributed by atoms with Gasteiger partial charge in [0.25, 0.3) is 0 Å². The quantitative estimate of drug-likeness (QED) is 0.737. The van der Waals surface area contributed by atoms with Crippen LogP contribution in [0.4, 0.5) is 0 Å². The van der Waals surface area contributed by atoms with Gasteiger partial charge in [0.2, 0.25) is 0 Å². The fourth-order valence-corrected chi connectivity index (χ4v) is 1.77. The van der Waals surface area contributed by atoms with Crippen molar-refractivity contribution in [3.05, 3.63) is 18.0 Å². The second kappa shape index (κ2) is 6.66. The topological polar surface area (TPSA) is 55.9 Å². The Hall–Kier alpha value is -0.870. The van der Waals surface area contributed by atoms with Crippen LogP contribution in [0.1, 0.15) is 38.3 Å². The maximum absolute atomic E-state index is 6.06. The third-order valence-electron chi connectivity index (χ3n) is 3.10. The van der Waals surface area contributed by atoms with E-state index in [1.54, 1.807) is 4.68 Å². The van der Waals surface area contributed by atoms with Gasteiger partial charge in [0.05, 0.1) is 6.20 Å². The lowest BCUT2D eigenvalue weighted by Gasteiger charge is -2.15. The first-order valence-electron chi connectivity index (χ1n) is 6.12. The first-order valence-corrected chi connectivity index (χ1v) is 6.12. The van der Waals surface area contributed by atoms with Crippen LogP contribution >= 0.6 is 0 Å².